The van der Waals surface area contributed by atoms with Crippen LogP contribution in [0.25, 0.3) is 49.2 Å². The molecule has 0 saturated carbocycles. The van der Waals surface area contributed by atoms with Gasteiger partial charge in [-0.3, -0.25) is 33.6 Å². The molecule has 292 valence electrons. The summed E-state index contributed by atoms with van der Waals surface area (Å²) in [5.41, 5.74) is -0.640. The van der Waals surface area contributed by atoms with Crippen LogP contribution < -0.4 is 20.9 Å². The average molecular weight is 772 g/mol. The van der Waals surface area contributed by atoms with E-state index in [1.807, 2.05) is 0 Å². The van der Waals surface area contributed by atoms with Gasteiger partial charge < -0.3 is 45.1 Å². The van der Waals surface area contributed by atoms with E-state index in [1.165, 1.54) is 20.1 Å². The van der Waals surface area contributed by atoms with Gasteiger partial charge in [-0.15, -0.1) is 0 Å². The van der Waals surface area contributed by atoms with Crippen molar-refractivity contribution in [3.8, 4) is 11.5 Å². The van der Waals surface area contributed by atoms with Crippen LogP contribution in [0.5, 0.6) is 11.5 Å². The van der Waals surface area contributed by atoms with E-state index in [0.29, 0.717) is 5.57 Å². The lowest BCUT2D eigenvalue weighted by Gasteiger charge is -2.27. The Hall–Kier alpha value is -6.39. The summed E-state index contributed by atoms with van der Waals surface area (Å²) in [7, 11) is 1.23. The number of benzene rings is 5. The fourth-order valence-corrected chi connectivity index (χ4v) is 8.32. The van der Waals surface area contributed by atoms with E-state index >= 15 is 0 Å². The number of carbonyl (C=O) groups is 5. The molecule has 0 heterocycles. The lowest BCUT2D eigenvalue weighted by molar-refractivity contribution is -0.143. The molecule has 0 saturated heterocycles. The van der Waals surface area contributed by atoms with Gasteiger partial charge in [0, 0.05) is 40.4 Å². The Balaban J connectivity index is 1.94. The van der Waals surface area contributed by atoms with Crippen molar-refractivity contribution in [2.45, 2.75) is 64.9 Å². The van der Waals surface area contributed by atoms with Crippen LogP contribution in [0.15, 0.2) is 27.3 Å². The molecule has 56 heavy (non-hydrogen) atoms. The van der Waals surface area contributed by atoms with Gasteiger partial charge in [0.25, 0.3) is 12.9 Å². The third-order valence-corrected chi connectivity index (χ3v) is 10.5. The maximum absolute atomic E-state index is 14.9. The number of carbonyl (C=O) groups excluding carboxylic acids is 3. The van der Waals surface area contributed by atoms with Gasteiger partial charge in [0.05, 0.1) is 49.5 Å². The number of Topliss-reactive ketones (excluding diaryl/α,β-unsaturated/α-hetero) is 1. The first kappa shape index (κ1) is 39.3. The number of aromatic hydroxyl groups is 1. The number of carboxylic acid groups (broad SMARTS) is 2. The smallest absolute Gasteiger partial charge is 0.306 e. The van der Waals surface area contributed by atoms with Crippen molar-refractivity contribution in [3.05, 3.63) is 66.0 Å². The van der Waals surface area contributed by atoms with Crippen molar-refractivity contribution in [1.29, 1.82) is 0 Å². The van der Waals surface area contributed by atoms with Gasteiger partial charge in [-0.25, -0.2) is 0 Å². The molecule has 0 aromatic heterocycles. The Labute approximate surface area is 316 Å². The molecule has 0 aliphatic heterocycles. The summed E-state index contributed by atoms with van der Waals surface area (Å²) in [4.78, 5) is 89.1. The molecule has 16 nitrogen and oxygen atoms in total. The number of phenols is 1. The lowest BCUT2D eigenvalue weighted by Crippen LogP contribution is -2.26. The van der Waals surface area contributed by atoms with E-state index in [9.17, 15) is 59.1 Å². The van der Waals surface area contributed by atoms with Crippen LogP contribution in [0.1, 0.15) is 66.8 Å². The van der Waals surface area contributed by atoms with E-state index in [-0.39, 0.29) is 115 Å². The molecule has 6 N–H and O–H groups in total. The highest BCUT2D eigenvalue weighted by Gasteiger charge is 2.37. The van der Waals surface area contributed by atoms with Crippen molar-refractivity contribution in [2.24, 2.45) is 5.92 Å². The number of allylic oxidation sites excluding steroid dienone is 1. The molecule has 0 amide bonds. The number of aliphatic hydroxyl groups is 2. The molecule has 1 aliphatic carbocycles. The number of aliphatic hydroxyl groups excluding tert-OH is 2. The number of nitrogens with one attached hydrogen (secondary N) is 1. The van der Waals surface area contributed by atoms with Gasteiger partial charge in [-0.2, -0.15) is 0 Å². The summed E-state index contributed by atoms with van der Waals surface area (Å²) in [6.07, 6.45) is -0.994. The Kier molecular flexibility index (Phi) is 10.8. The second-order valence-electron chi connectivity index (χ2n) is 13.7. The summed E-state index contributed by atoms with van der Waals surface area (Å²) in [6.45, 7) is 1.67. The van der Waals surface area contributed by atoms with Crippen LogP contribution in [-0.2, 0) is 53.1 Å². The van der Waals surface area contributed by atoms with Gasteiger partial charge in [0.2, 0.25) is 5.43 Å². The molecule has 3 atom stereocenters. The summed E-state index contributed by atoms with van der Waals surface area (Å²) < 4.78 is 15.8. The highest BCUT2D eigenvalue weighted by molar-refractivity contribution is 6.39. The van der Waals surface area contributed by atoms with E-state index in [0.717, 1.165) is 6.07 Å². The Bertz CT molecular complexity index is 2610. The van der Waals surface area contributed by atoms with Gasteiger partial charge in [0.15, 0.2) is 17.4 Å². The number of fused-ring (bicyclic) bond motifs is 1. The third kappa shape index (κ3) is 6.25. The molecular weight excluding hydrogens is 734 g/mol. The van der Waals surface area contributed by atoms with Crippen molar-refractivity contribution < 1.29 is 63.7 Å². The molecule has 0 fully saturated rings. The minimum atomic E-state index is -1.36. The van der Waals surface area contributed by atoms with Crippen LogP contribution in [0.3, 0.4) is 0 Å². The number of carboxylic acids is 2. The zero-order valence-corrected chi connectivity index (χ0v) is 30.4. The van der Waals surface area contributed by atoms with Crippen LogP contribution in [0.4, 0.5) is 5.69 Å². The van der Waals surface area contributed by atoms with E-state index < -0.39 is 78.4 Å². The Morgan fingerprint density at radius 1 is 0.893 bits per heavy atom. The zero-order valence-electron chi connectivity index (χ0n) is 30.4. The molecule has 5 aromatic rings. The lowest BCUT2D eigenvalue weighted by atomic mass is 9.78. The molecule has 6 rings (SSSR count). The highest BCUT2D eigenvalue weighted by Crippen LogP contribution is 2.54. The minimum Gasteiger partial charge on any atom is -0.507 e. The molecule has 16 heteroatoms. The summed E-state index contributed by atoms with van der Waals surface area (Å²) in [5, 5.41) is 57.0. The predicted octanol–water partition coefficient (Wildman–Crippen LogP) is 3.27. The monoisotopic (exact) mass is 771 g/mol. The number of ketones is 1. The van der Waals surface area contributed by atoms with Crippen LogP contribution in [-0.4, -0.2) is 76.1 Å². The van der Waals surface area contributed by atoms with Crippen LogP contribution >= 0.6 is 0 Å². The van der Waals surface area contributed by atoms with E-state index in [2.05, 4.69) is 5.32 Å². The standard InChI is InChI=1S/C40H37NO15/c1-16-8-21-22(9-18(40(52)53)4-5-26(48)49)37(50)32-24(47)11-20(13-43)29-28-19(12-42)10-23(41-25(56-15-45)6-7-55-14-44)31-34(28)35(30(21)33(29)32)36(27(16)17(2)46)39(54-3)38(31)51/h8,10-11,14-15,18,25,27,41-43,50H,4-7,9,12-13H2,1-3H3,(H,48,49)(H,52,53). The molecule has 0 radical (unpaired) electrons. The fraction of sp³-hybridized carbons (Fsp3) is 0.325. The Morgan fingerprint density at radius 2 is 1.55 bits per heavy atom. The van der Waals surface area contributed by atoms with Crippen molar-refractivity contribution >= 4 is 85.5 Å². The van der Waals surface area contributed by atoms with Gasteiger partial charge in [0.1, 0.15) is 11.5 Å². The van der Waals surface area contributed by atoms with Gasteiger partial charge in [-0.1, -0.05) is 11.6 Å². The van der Waals surface area contributed by atoms with Crippen molar-refractivity contribution in [1.82, 2.24) is 0 Å². The zero-order chi connectivity index (χ0) is 40.7. The number of phenolic OH excluding ortho intramolecular Hbond substituents is 1. The maximum atomic E-state index is 14.9. The number of methoxy groups -OCH3 is 1. The SMILES string of the molecule is COc1c2c3c4c(c(CC(CCC(=O)O)C(=O)O)c(O)c5c(=O)cc(CO)c(c6c(CO)cc(NC(CCOC=O)OC=O)c(c1=O)c63)c54)C=C(C)C2C(C)=O. The van der Waals surface area contributed by atoms with Crippen LogP contribution in [0.2, 0.25) is 0 Å². The van der Waals surface area contributed by atoms with Gasteiger partial charge in [-0.05, 0) is 77.1 Å². The molecule has 0 spiro atoms. The third-order valence-electron chi connectivity index (χ3n) is 10.5. The number of rotatable bonds is 18. The molecule has 5 aromatic carbocycles. The van der Waals surface area contributed by atoms with Crippen molar-refractivity contribution in [2.75, 3.05) is 19.0 Å². The number of aliphatic carboxylic acids is 2. The topological polar surface area (TPSA) is 260 Å². The first-order valence-electron chi connectivity index (χ1n) is 17.5. The largest absolute Gasteiger partial charge is 0.507 e. The highest BCUT2D eigenvalue weighted by atomic mass is 16.5. The first-order chi connectivity index (χ1) is 26.7. The molecular formula is C40H37NO15. The number of anilines is 1. The molecule has 1 aliphatic rings. The molecule has 0 bridgehead atoms. The first-order valence-corrected chi connectivity index (χ1v) is 17.5. The second kappa shape index (κ2) is 15.4. The maximum Gasteiger partial charge on any atom is 0.306 e. The summed E-state index contributed by atoms with van der Waals surface area (Å²) in [5.74, 6) is -6.42. The average Bonchev–Trinajstić information content (AvgIpc) is 3.28. The summed E-state index contributed by atoms with van der Waals surface area (Å²) in [6, 6.07) is 2.50. The van der Waals surface area contributed by atoms with Gasteiger partial charge >= 0.3 is 11.9 Å². The predicted molar refractivity (Wildman–Crippen MR) is 201 cm³/mol. The van der Waals surface area contributed by atoms with E-state index in [1.54, 1.807) is 13.0 Å². The summed E-state index contributed by atoms with van der Waals surface area (Å²) >= 11 is 0. The van der Waals surface area contributed by atoms with E-state index in [4.69, 9.17) is 14.2 Å². The number of ether oxygens (including phenoxy) is 3. The number of hydrogen-bond acceptors (Lipinski definition) is 14. The second-order valence-corrected chi connectivity index (χ2v) is 13.7. The molecule has 3 unspecified atom stereocenters. The van der Waals surface area contributed by atoms with Crippen molar-refractivity contribution in [3.63, 3.8) is 0 Å². The minimum absolute atomic E-state index is 0.0241. The van der Waals surface area contributed by atoms with Crippen LogP contribution in [0, 0.1) is 5.92 Å². The Morgan fingerprint density at radius 3 is 2.12 bits per heavy atom. The quantitative estimate of drug-likeness (QED) is 0.0246. The number of hydrogen-bond donors (Lipinski definition) is 6. The normalized spacial score (nSPS) is 14.8. The fourth-order valence-electron chi connectivity index (χ4n) is 8.32.